The van der Waals surface area contributed by atoms with Crippen molar-refractivity contribution in [3.63, 3.8) is 0 Å². The SMILES string of the molecule is O=C(O)C(F)(F)F.c1ccc(-c2ccc(C3CC34CCNCC4)c(-c3nn[nH]n3)c2)cc1. The van der Waals surface area contributed by atoms with E-state index in [4.69, 9.17) is 9.90 Å². The number of carboxylic acid groups (broad SMARTS) is 1. The van der Waals surface area contributed by atoms with Crippen LogP contribution in [0.5, 0.6) is 0 Å². The van der Waals surface area contributed by atoms with Gasteiger partial charge in [-0.15, -0.1) is 10.2 Å². The molecule has 5 rings (SSSR count). The molecule has 1 atom stereocenters. The first kappa shape index (κ1) is 21.9. The Morgan fingerprint density at radius 3 is 2.34 bits per heavy atom. The summed E-state index contributed by atoms with van der Waals surface area (Å²) in [5.41, 5.74) is 5.40. The summed E-state index contributed by atoms with van der Waals surface area (Å²) in [7, 11) is 0. The van der Waals surface area contributed by atoms with E-state index in [-0.39, 0.29) is 0 Å². The van der Waals surface area contributed by atoms with Gasteiger partial charge in [-0.25, -0.2) is 4.79 Å². The number of rotatable bonds is 3. The number of hydrogen-bond acceptors (Lipinski definition) is 5. The van der Waals surface area contributed by atoms with E-state index in [1.165, 1.54) is 36.0 Å². The van der Waals surface area contributed by atoms with E-state index in [0.717, 1.165) is 18.7 Å². The van der Waals surface area contributed by atoms with E-state index < -0.39 is 12.1 Å². The van der Waals surface area contributed by atoms with Gasteiger partial charge < -0.3 is 10.4 Å². The number of benzene rings is 2. The van der Waals surface area contributed by atoms with E-state index in [0.29, 0.717) is 17.2 Å². The fraction of sp³-hybridized carbons (Fsp3) is 0.364. The highest BCUT2D eigenvalue weighted by molar-refractivity contribution is 5.74. The highest BCUT2D eigenvalue weighted by Crippen LogP contribution is 2.65. The summed E-state index contributed by atoms with van der Waals surface area (Å²) in [5, 5.41) is 25.5. The number of alkyl halides is 3. The van der Waals surface area contributed by atoms with Gasteiger partial charge in [0.25, 0.3) is 0 Å². The van der Waals surface area contributed by atoms with Crippen LogP contribution >= 0.6 is 0 Å². The molecule has 1 unspecified atom stereocenters. The lowest BCUT2D eigenvalue weighted by molar-refractivity contribution is -0.192. The van der Waals surface area contributed by atoms with Gasteiger partial charge in [0.05, 0.1) is 0 Å². The Labute approximate surface area is 182 Å². The lowest BCUT2D eigenvalue weighted by Crippen LogP contribution is -2.29. The number of carbonyl (C=O) groups is 1. The molecule has 1 aromatic heterocycles. The van der Waals surface area contributed by atoms with Crippen LogP contribution < -0.4 is 5.32 Å². The minimum Gasteiger partial charge on any atom is -0.475 e. The zero-order valence-electron chi connectivity index (χ0n) is 17.1. The average Bonchev–Trinajstić information content (AvgIpc) is 3.21. The van der Waals surface area contributed by atoms with E-state index in [2.05, 4.69) is 68.4 Å². The van der Waals surface area contributed by atoms with Crippen molar-refractivity contribution in [3.8, 4) is 22.5 Å². The first-order valence-corrected chi connectivity index (χ1v) is 10.2. The molecule has 2 heterocycles. The van der Waals surface area contributed by atoms with Gasteiger partial charge in [-0.05, 0) is 71.7 Å². The van der Waals surface area contributed by atoms with Gasteiger partial charge in [0.1, 0.15) is 0 Å². The van der Waals surface area contributed by atoms with E-state index >= 15 is 0 Å². The van der Waals surface area contributed by atoms with Gasteiger partial charge in [-0.2, -0.15) is 18.4 Å². The highest BCUT2D eigenvalue weighted by Gasteiger charge is 2.55. The minimum absolute atomic E-state index is 0.484. The summed E-state index contributed by atoms with van der Waals surface area (Å²) >= 11 is 0. The smallest absolute Gasteiger partial charge is 0.475 e. The normalized spacial score (nSPS) is 19.2. The number of nitrogens with zero attached hydrogens (tertiary/aromatic N) is 3. The van der Waals surface area contributed by atoms with Crippen LogP contribution in [0.25, 0.3) is 22.5 Å². The number of aromatic nitrogens is 4. The van der Waals surface area contributed by atoms with Crippen molar-refractivity contribution in [1.29, 1.82) is 0 Å². The average molecular weight is 445 g/mol. The standard InChI is InChI=1S/C20H21N5.C2HF3O2/c1-2-4-14(5-3-1)15-6-7-16(17(12-15)19-22-24-25-23-19)18-13-20(18)8-10-21-11-9-20;3-2(4,5)1(6)7/h1-7,12,18,21H,8-11,13H2,(H,22,23,24,25);(H,6,7). The molecule has 2 aliphatic rings. The van der Waals surface area contributed by atoms with Crippen LogP contribution in [0.4, 0.5) is 13.2 Å². The van der Waals surface area contributed by atoms with Gasteiger partial charge in [0.2, 0.25) is 5.82 Å². The molecule has 1 saturated carbocycles. The van der Waals surface area contributed by atoms with Crippen molar-refractivity contribution in [3.05, 3.63) is 54.1 Å². The van der Waals surface area contributed by atoms with Crippen LogP contribution in [-0.2, 0) is 4.79 Å². The summed E-state index contributed by atoms with van der Waals surface area (Å²) in [6.45, 7) is 2.27. The molecular formula is C22H22F3N5O2. The Kier molecular flexibility index (Phi) is 5.96. The molecule has 0 bridgehead atoms. The van der Waals surface area contributed by atoms with Crippen LogP contribution in [0, 0.1) is 5.41 Å². The second kappa shape index (κ2) is 8.70. The predicted octanol–water partition coefficient (Wildman–Crippen LogP) is 4.02. The summed E-state index contributed by atoms with van der Waals surface area (Å²) in [6, 6.07) is 17.2. The summed E-state index contributed by atoms with van der Waals surface area (Å²) < 4.78 is 31.7. The Morgan fingerprint density at radius 2 is 1.75 bits per heavy atom. The Morgan fingerprint density at radius 1 is 1.06 bits per heavy atom. The van der Waals surface area contributed by atoms with E-state index in [9.17, 15) is 13.2 Å². The quantitative estimate of drug-likeness (QED) is 0.563. The molecular weight excluding hydrogens is 423 g/mol. The second-order valence-corrected chi connectivity index (χ2v) is 8.08. The lowest BCUT2D eigenvalue weighted by atomic mass is 9.87. The molecule has 2 fully saturated rings. The molecule has 7 nitrogen and oxygen atoms in total. The predicted molar refractivity (Wildman–Crippen MR) is 111 cm³/mol. The number of carboxylic acids is 1. The largest absolute Gasteiger partial charge is 0.490 e. The third kappa shape index (κ3) is 4.64. The lowest BCUT2D eigenvalue weighted by Gasteiger charge is -2.24. The van der Waals surface area contributed by atoms with Gasteiger partial charge in [-0.1, -0.05) is 42.5 Å². The number of aromatic amines is 1. The number of aliphatic carboxylic acids is 1. The highest BCUT2D eigenvalue weighted by atomic mass is 19.4. The van der Waals surface area contributed by atoms with Crippen molar-refractivity contribution in [2.45, 2.75) is 31.4 Å². The molecule has 32 heavy (non-hydrogen) atoms. The third-order valence-electron chi connectivity index (χ3n) is 6.15. The van der Waals surface area contributed by atoms with Crippen molar-refractivity contribution < 1.29 is 23.1 Å². The molecule has 168 valence electrons. The maximum Gasteiger partial charge on any atom is 0.490 e. The van der Waals surface area contributed by atoms with Crippen molar-refractivity contribution >= 4 is 5.97 Å². The van der Waals surface area contributed by atoms with Crippen molar-refractivity contribution in [1.82, 2.24) is 25.9 Å². The fourth-order valence-electron chi connectivity index (χ4n) is 4.40. The first-order chi connectivity index (χ1) is 15.3. The third-order valence-corrected chi connectivity index (χ3v) is 6.15. The van der Waals surface area contributed by atoms with E-state index in [1.807, 2.05) is 6.07 Å². The topological polar surface area (TPSA) is 104 Å². The molecule has 2 aromatic carbocycles. The summed E-state index contributed by atoms with van der Waals surface area (Å²) in [4.78, 5) is 8.90. The molecule has 1 spiro atoms. The number of H-pyrrole nitrogens is 1. The Hall–Kier alpha value is -3.27. The Balaban J connectivity index is 0.000000307. The van der Waals surface area contributed by atoms with Crippen LogP contribution in [-0.4, -0.2) is 51.0 Å². The number of hydrogen-bond donors (Lipinski definition) is 3. The molecule has 1 saturated heterocycles. The van der Waals surface area contributed by atoms with Crippen LogP contribution in [0.3, 0.4) is 0 Å². The Bertz CT molecular complexity index is 1060. The molecule has 3 N–H and O–H groups in total. The first-order valence-electron chi connectivity index (χ1n) is 10.2. The molecule has 0 radical (unpaired) electrons. The van der Waals surface area contributed by atoms with Gasteiger partial charge in [0, 0.05) is 5.56 Å². The fourth-order valence-corrected chi connectivity index (χ4v) is 4.40. The van der Waals surface area contributed by atoms with Crippen LogP contribution in [0.15, 0.2) is 48.5 Å². The van der Waals surface area contributed by atoms with E-state index in [1.54, 1.807) is 0 Å². The van der Waals surface area contributed by atoms with Crippen LogP contribution in [0.1, 0.15) is 30.7 Å². The molecule has 0 amide bonds. The summed E-state index contributed by atoms with van der Waals surface area (Å²) in [6.07, 6.45) is -1.27. The minimum atomic E-state index is -5.08. The zero-order valence-corrected chi connectivity index (χ0v) is 17.1. The number of nitrogens with one attached hydrogen (secondary N) is 2. The number of piperidine rings is 1. The summed E-state index contributed by atoms with van der Waals surface area (Å²) in [5.74, 6) is -1.44. The van der Waals surface area contributed by atoms with Crippen LogP contribution in [0.2, 0.25) is 0 Å². The number of tetrazole rings is 1. The molecule has 3 aromatic rings. The van der Waals surface area contributed by atoms with Crippen molar-refractivity contribution in [2.24, 2.45) is 5.41 Å². The maximum absolute atomic E-state index is 10.6. The second-order valence-electron chi connectivity index (χ2n) is 8.08. The molecule has 10 heteroatoms. The molecule has 1 aliphatic carbocycles. The monoisotopic (exact) mass is 445 g/mol. The number of halogens is 3. The maximum atomic E-state index is 10.6. The van der Waals surface area contributed by atoms with Gasteiger partial charge in [-0.3, -0.25) is 0 Å². The van der Waals surface area contributed by atoms with Crippen molar-refractivity contribution in [2.75, 3.05) is 13.1 Å². The van der Waals surface area contributed by atoms with Gasteiger partial charge in [0.15, 0.2) is 0 Å². The molecule has 1 aliphatic heterocycles. The van der Waals surface area contributed by atoms with Gasteiger partial charge >= 0.3 is 12.1 Å². The zero-order chi connectivity index (χ0) is 22.8.